The molecule has 5 heteroatoms. The molecule has 2 rings (SSSR count). The van der Waals surface area contributed by atoms with Crippen molar-refractivity contribution in [2.24, 2.45) is 0 Å². The normalized spacial score (nSPS) is 10.8. The average Bonchev–Trinajstić information content (AvgIpc) is 2.64. The maximum Gasteiger partial charge on any atom is 0.420 e. The molecular formula is C13H14N2O3. The van der Waals surface area contributed by atoms with Crippen LogP contribution < -0.4 is 11.1 Å². The van der Waals surface area contributed by atoms with Crippen LogP contribution in [0.25, 0.3) is 11.1 Å². The lowest BCUT2D eigenvalue weighted by Crippen LogP contribution is -2.15. The summed E-state index contributed by atoms with van der Waals surface area (Å²) in [6.45, 7) is 7.18. The zero-order valence-electron chi connectivity index (χ0n) is 10.3. The number of nitrogens with zero attached hydrogens (tertiary/aromatic N) is 1. The number of nitrogens with one attached hydrogen (secondary N) is 1. The SMILES string of the molecule is C=CC(=O)Nc1ccc2c(c1)oc(=O)n2C(C)C. The second-order valence-corrected chi connectivity index (χ2v) is 4.21. The Balaban J connectivity index is 2.51. The molecule has 2 aromatic rings. The van der Waals surface area contributed by atoms with Crippen LogP contribution in [0.5, 0.6) is 0 Å². The number of carbonyl (C=O) groups is 1. The van der Waals surface area contributed by atoms with Gasteiger partial charge in [-0.3, -0.25) is 9.36 Å². The van der Waals surface area contributed by atoms with Gasteiger partial charge in [-0.05, 0) is 32.1 Å². The first-order valence-corrected chi connectivity index (χ1v) is 5.61. The van der Waals surface area contributed by atoms with Crippen molar-refractivity contribution in [1.82, 2.24) is 4.57 Å². The topological polar surface area (TPSA) is 64.2 Å². The van der Waals surface area contributed by atoms with E-state index in [9.17, 15) is 9.59 Å². The molecule has 1 heterocycles. The Morgan fingerprint density at radius 2 is 2.22 bits per heavy atom. The molecule has 0 aliphatic rings. The highest BCUT2D eigenvalue weighted by molar-refractivity contribution is 5.99. The van der Waals surface area contributed by atoms with E-state index in [2.05, 4.69) is 11.9 Å². The Bertz CT molecular complexity index is 664. The Morgan fingerprint density at radius 3 is 2.83 bits per heavy atom. The second-order valence-electron chi connectivity index (χ2n) is 4.21. The maximum atomic E-state index is 11.7. The van der Waals surface area contributed by atoms with Crippen molar-refractivity contribution in [2.75, 3.05) is 5.32 Å². The molecule has 5 nitrogen and oxygen atoms in total. The van der Waals surface area contributed by atoms with Crippen molar-refractivity contribution in [2.45, 2.75) is 19.9 Å². The summed E-state index contributed by atoms with van der Waals surface area (Å²) in [4.78, 5) is 22.8. The number of carbonyl (C=O) groups excluding carboxylic acids is 1. The van der Waals surface area contributed by atoms with Gasteiger partial charge in [-0.2, -0.15) is 0 Å². The number of fused-ring (bicyclic) bond motifs is 1. The van der Waals surface area contributed by atoms with Gasteiger partial charge < -0.3 is 9.73 Å². The lowest BCUT2D eigenvalue weighted by atomic mass is 10.2. The van der Waals surface area contributed by atoms with Gasteiger partial charge in [0, 0.05) is 17.8 Å². The van der Waals surface area contributed by atoms with E-state index in [0.29, 0.717) is 16.8 Å². The van der Waals surface area contributed by atoms with Gasteiger partial charge in [0.1, 0.15) is 0 Å². The van der Waals surface area contributed by atoms with Gasteiger partial charge in [0.15, 0.2) is 5.58 Å². The number of oxazole rings is 1. The summed E-state index contributed by atoms with van der Waals surface area (Å²) >= 11 is 0. The lowest BCUT2D eigenvalue weighted by Gasteiger charge is -2.06. The van der Waals surface area contributed by atoms with Crippen LogP contribution in [-0.4, -0.2) is 10.5 Å². The molecule has 1 aromatic carbocycles. The van der Waals surface area contributed by atoms with Gasteiger partial charge in [-0.1, -0.05) is 6.58 Å². The zero-order chi connectivity index (χ0) is 13.3. The first-order chi connectivity index (χ1) is 8.52. The molecule has 1 aromatic heterocycles. The number of hydrogen-bond donors (Lipinski definition) is 1. The van der Waals surface area contributed by atoms with Crippen LogP contribution in [0.1, 0.15) is 19.9 Å². The smallest absolute Gasteiger partial charge is 0.408 e. The molecule has 0 saturated heterocycles. The molecule has 0 aliphatic heterocycles. The molecule has 1 amide bonds. The molecule has 0 atom stereocenters. The molecule has 0 fully saturated rings. The average molecular weight is 246 g/mol. The fourth-order valence-corrected chi connectivity index (χ4v) is 1.80. The monoisotopic (exact) mass is 246 g/mol. The molecule has 0 unspecified atom stereocenters. The minimum atomic E-state index is -0.396. The molecule has 94 valence electrons. The maximum absolute atomic E-state index is 11.7. The van der Waals surface area contributed by atoms with Crippen molar-refractivity contribution in [1.29, 1.82) is 0 Å². The van der Waals surface area contributed by atoms with Crippen LogP contribution in [0.4, 0.5) is 5.69 Å². The van der Waals surface area contributed by atoms with E-state index < -0.39 is 5.76 Å². The van der Waals surface area contributed by atoms with Crippen LogP contribution in [0.3, 0.4) is 0 Å². The van der Waals surface area contributed by atoms with Crippen LogP contribution in [0.2, 0.25) is 0 Å². The zero-order valence-corrected chi connectivity index (χ0v) is 10.3. The molecule has 0 bridgehead atoms. The largest absolute Gasteiger partial charge is 0.420 e. The Morgan fingerprint density at radius 1 is 1.50 bits per heavy atom. The first kappa shape index (κ1) is 12.2. The predicted molar refractivity (Wildman–Crippen MR) is 69.7 cm³/mol. The van der Waals surface area contributed by atoms with E-state index in [1.165, 1.54) is 6.08 Å². The predicted octanol–water partition coefficient (Wildman–Crippen LogP) is 2.30. The second kappa shape index (κ2) is 4.52. The van der Waals surface area contributed by atoms with Crippen molar-refractivity contribution >= 4 is 22.7 Å². The fourth-order valence-electron chi connectivity index (χ4n) is 1.80. The standard InChI is InChI=1S/C13H14N2O3/c1-4-12(16)14-9-5-6-10-11(7-9)18-13(17)15(10)8(2)3/h4-8H,1H2,2-3H3,(H,14,16). The number of anilines is 1. The number of amides is 1. The third-order valence-corrected chi connectivity index (χ3v) is 2.58. The van der Waals surface area contributed by atoms with E-state index in [4.69, 9.17) is 4.42 Å². The molecular weight excluding hydrogens is 232 g/mol. The number of benzene rings is 1. The molecule has 0 radical (unpaired) electrons. The van der Waals surface area contributed by atoms with Gasteiger partial charge >= 0.3 is 5.76 Å². The molecule has 0 spiro atoms. The summed E-state index contributed by atoms with van der Waals surface area (Å²) in [5.74, 6) is -0.702. The van der Waals surface area contributed by atoms with Crippen molar-refractivity contribution in [3.05, 3.63) is 41.4 Å². The van der Waals surface area contributed by atoms with E-state index in [0.717, 1.165) is 0 Å². The summed E-state index contributed by atoms with van der Waals surface area (Å²) in [5.41, 5.74) is 1.74. The third-order valence-electron chi connectivity index (χ3n) is 2.58. The van der Waals surface area contributed by atoms with E-state index in [-0.39, 0.29) is 11.9 Å². The Hall–Kier alpha value is -2.30. The molecule has 0 aliphatic carbocycles. The van der Waals surface area contributed by atoms with Crippen LogP contribution in [-0.2, 0) is 4.79 Å². The Labute approximate surface area is 104 Å². The van der Waals surface area contributed by atoms with Crippen molar-refractivity contribution in [3.63, 3.8) is 0 Å². The fraction of sp³-hybridized carbons (Fsp3) is 0.231. The van der Waals surface area contributed by atoms with Crippen molar-refractivity contribution < 1.29 is 9.21 Å². The van der Waals surface area contributed by atoms with Gasteiger partial charge in [0.05, 0.1) is 5.52 Å². The highest BCUT2D eigenvalue weighted by atomic mass is 16.4. The summed E-state index contributed by atoms with van der Waals surface area (Å²) in [6, 6.07) is 5.11. The summed E-state index contributed by atoms with van der Waals surface area (Å²) in [6.07, 6.45) is 1.18. The van der Waals surface area contributed by atoms with E-state index >= 15 is 0 Å². The van der Waals surface area contributed by atoms with Gasteiger partial charge in [-0.15, -0.1) is 0 Å². The Kier molecular flexibility index (Phi) is 3.06. The minimum Gasteiger partial charge on any atom is -0.408 e. The highest BCUT2D eigenvalue weighted by Crippen LogP contribution is 2.20. The van der Waals surface area contributed by atoms with Crippen LogP contribution in [0, 0.1) is 0 Å². The highest BCUT2D eigenvalue weighted by Gasteiger charge is 2.12. The summed E-state index contributed by atoms with van der Waals surface area (Å²) < 4.78 is 6.71. The molecule has 1 N–H and O–H groups in total. The third kappa shape index (κ3) is 2.07. The van der Waals surface area contributed by atoms with Crippen molar-refractivity contribution in [3.8, 4) is 0 Å². The lowest BCUT2D eigenvalue weighted by molar-refractivity contribution is -0.111. The summed E-state index contributed by atoms with van der Waals surface area (Å²) in [7, 11) is 0. The number of aromatic nitrogens is 1. The van der Waals surface area contributed by atoms with Gasteiger partial charge in [-0.25, -0.2) is 4.79 Å². The molecule has 18 heavy (non-hydrogen) atoms. The molecule has 0 saturated carbocycles. The van der Waals surface area contributed by atoms with E-state index in [1.807, 2.05) is 13.8 Å². The minimum absolute atomic E-state index is 0.0207. The first-order valence-electron chi connectivity index (χ1n) is 5.61. The van der Waals surface area contributed by atoms with Gasteiger partial charge in [0.25, 0.3) is 0 Å². The quantitative estimate of drug-likeness (QED) is 0.845. The van der Waals surface area contributed by atoms with Gasteiger partial charge in [0.2, 0.25) is 5.91 Å². The van der Waals surface area contributed by atoms with E-state index in [1.54, 1.807) is 22.8 Å². The van der Waals surface area contributed by atoms with Crippen LogP contribution >= 0.6 is 0 Å². The number of rotatable bonds is 3. The number of hydrogen-bond acceptors (Lipinski definition) is 3. The summed E-state index contributed by atoms with van der Waals surface area (Å²) in [5, 5.41) is 2.61. The van der Waals surface area contributed by atoms with Crippen LogP contribution in [0.15, 0.2) is 40.1 Å².